The fraction of sp³-hybridized carbons (Fsp3) is 0.462. The van der Waals surface area contributed by atoms with Gasteiger partial charge in [-0.2, -0.15) is 17.9 Å². The molecule has 0 aromatic heterocycles. The molecule has 0 bridgehead atoms. The van der Waals surface area contributed by atoms with Crippen LogP contribution in [0.5, 0.6) is 5.75 Å². The zero-order valence-electron chi connectivity index (χ0n) is 9.80. The maximum atomic E-state index is 8.73. The van der Waals surface area contributed by atoms with E-state index in [1.165, 1.54) is 0 Å². The molecule has 0 saturated carbocycles. The summed E-state index contributed by atoms with van der Waals surface area (Å²) in [4.78, 5) is 0. The number of hydrogen-bond donors (Lipinski definition) is 2. The van der Waals surface area contributed by atoms with Crippen molar-refractivity contribution in [2.24, 2.45) is 5.73 Å². The van der Waals surface area contributed by atoms with E-state index in [-0.39, 0.29) is 6.04 Å². The first kappa shape index (κ1) is 13.9. The van der Waals surface area contributed by atoms with E-state index in [1.807, 2.05) is 12.1 Å². The minimum Gasteiger partial charge on any atom is -0.494 e. The second-order valence-corrected chi connectivity index (χ2v) is 4.29. The van der Waals surface area contributed by atoms with Crippen molar-refractivity contribution >= 4 is 12.6 Å². The van der Waals surface area contributed by atoms with E-state index >= 15 is 0 Å². The van der Waals surface area contributed by atoms with E-state index in [9.17, 15) is 0 Å². The van der Waals surface area contributed by atoms with Crippen molar-refractivity contribution in [1.29, 1.82) is 5.26 Å². The first-order chi connectivity index (χ1) is 8.26. The number of ether oxygens (including phenoxy) is 1. The molecule has 0 aliphatic carbocycles. The molecule has 0 heterocycles. The number of hydrogen-bond acceptors (Lipinski definition) is 4. The Balaban J connectivity index is 2.20. The maximum absolute atomic E-state index is 8.73. The van der Waals surface area contributed by atoms with E-state index in [2.05, 4.69) is 18.7 Å². The average Bonchev–Trinajstić information content (AvgIpc) is 2.38. The Kier molecular flexibility index (Phi) is 6.53. The van der Waals surface area contributed by atoms with Gasteiger partial charge in [0.15, 0.2) is 0 Å². The molecule has 0 saturated heterocycles. The maximum Gasteiger partial charge on any atom is 0.120 e. The van der Waals surface area contributed by atoms with Crippen LogP contribution < -0.4 is 10.5 Å². The van der Waals surface area contributed by atoms with Gasteiger partial charge in [0.2, 0.25) is 0 Å². The standard InChI is InChI=1S/C13H18N2OS/c14-9-11-4-3-6-13(8-11)16-7-2-1-5-12(15)10-17/h3-4,6,8,12,17H,1-2,5,7,10,15H2/t12-/m0/s1. The molecule has 0 aliphatic heterocycles. The molecule has 0 fully saturated rings. The number of nitrogens with two attached hydrogens (primary N) is 1. The highest BCUT2D eigenvalue weighted by atomic mass is 32.1. The Morgan fingerprint density at radius 1 is 1.41 bits per heavy atom. The van der Waals surface area contributed by atoms with E-state index in [4.69, 9.17) is 15.7 Å². The Morgan fingerprint density at radius 2 is 2.24 bits per heavy atom. The van der Waals surface area contributed by atoms with Gasteiger partial charge in [0.25, 0.3) is 0 Å². The van der Waals surface area contributed by atoms with Gasteiger partial charge in [-0.3, -0.25) is 0 Å². The first-order valence-corrected chi connectivity index (χ1v) is 6.39. The summed E-state index contributed by atoms with van der Waals surface area (Å²) >= 11 is 4.13. The van der Waals surface area contributed by atoms with Gasteiger partial charge in [0.1, 0.15) is 5.75 Å². The Hall–Kier alpha value is -1.18. The van der Waals surface area contributed by atoms with Crippen molar-refractivity contribution in [3.8, 4) is 11.8 Å². The van der Waals surface area contributed by atoms with E-state index in [0.717, 1.165) is 30.8 Å². The van der Waals surface area contributed by atoms with Gasteiger partial charge < -0.3 is 10.5 Å². The molecule has 0 amide bonds. The summed E-state index contributed by atoms with van der Waals surface area (Å²) in [6.45, 7) is 0.661. The van der Waals surface area contributed by atoms with Crippen LogP contribution in [-0.4, -0.2) is 18.4 Å². The van der Waals surface area contributed by atoms with Crippen molar-refractivity contribution in [3.05, 3.63) is 29.8 Å². The number of thiol groups is 1. The zero-order chi connectivity index (χ0) is 12.5. The highest BCUT2D eigenvalue weighted by Gasteiger charge is 2.00. The molecule has 2 N–H and O–H groups in total. The summed E-state index contributed by atoms with van der Waals surface area (Å²) in [5.74, 6) is 1.48. The molecule has 4 heteroatoms. The number of nitriles is 1. The quantitative estimate of drug-likeness (QED) is 0.577. The summed E-state index contributed by atoms with van der Waals surface area (Å²) < 4.78 is 5.55. The number of rotatable bonds is 7. The summed E-state index contributed by atoms with van der Waals surface area (Å²) in [6, 6.07) is 9.46. The number of unbranched alkanes of at least 4 members (excludes halogenated alkanes) is 1. The van der Waals surface area contributed by atoms with E-state index < -0.39 is 0 Å². The van der Waals surface area contributed by atoms with Crippen LogP contribution in [-0.2, 0) is 0 Å². The van der Waals surface area contributed by atoms with Crippen LogP contribution in [0.25, 0.3) is 0 Å². The second-order valence-electron chi connectivity index (χ2n) is 3.93. The summed E-state index contributed by atoms with van der Waals surface area (Å²) in [5, 5.41) is 8.73. The smallest absolute Gasteiger partial charge is 0.120 e. The largest absolute Gasteiger partial charge is 0.494 e. The van der Waals surface area contributed by atoms with Gasteiger partial charge in [-0.05, 0) is 37.5 Å². The molecule has 0 aliphatic rings. The molecular weight excluding hydrogens is 232 g/mol. The molecule has 92 valence electrons. The molecular formula is C13H18N2OS. The third kappa shape index (κ3) is 5.62. The van der Waals surface area contributed by atoms with Gasteiger partial charge in [-0.1, -0.05) is 6.07 Å². The normalized spacial score (nSPS) is 11.8. The van der Waals surface area contributed by atoms with Gasteiger partial charge in [0.05, 0.1) is 18.2 Å². The molecule has 1 aromatic carbocycles. The monoisotopic (exact) mass is 250 g/mol. The molecule has 1 rings (SSSR count). The van der Waals surface area contributed by atoms with Crippen LogP contribution in [0.1, 0.15) is 24.8 Å². The minimum atomic E-state index is 0.181. The van der Waals surface area contributed by atoms with Crippen molar-refractivity contribution in [1.82, 2.24) is 0 Å². The zero-order valence-corrected chi connectivity index (χ0v) is 10.7. The van der Waals surface area contributed by atoms with Crippen molar-refractivity contribution in [3.63, 3.8) is 0 Å². The van der Waals surface area contributed by atoms with Crippen LogP contribution in [0.3, 0.4) is 0 Å². The topological polar surface area (TPSA) is 59.0 Å². The highest BCUT2D eigenvalue weighted by molar-refractivity contribution is 7.80. The van der Waals surface area contributed by atoms with Crippen LogP contribution in [0, 0.1) is 11.3 Å². The van der Waals surface area contributed by atoms with E-state index in [1.54, 1.807) is 12.1 Å². The fourth-order valence-electron chi connectivity index (χ4n) is 1.45. The Morgan fingerprint density at radius 3 is 2.94 bits per heavy atom. The predicted octanol–water partition coefficient (Wildman–Crippen LogP) is 2.36. The van der Waals surface area contributed by atoms with Crippen LogP contribution in [0.2, 0.25) is 0 Å². The predicted molar refractivity (Wildman–Crippen MR) is 72.3 cm³/mol. The van der Waals surface area contributed by atoms with Gasteiger partial charge in [0, 0.05) is 11.8 Å². The summed E-state index contributed by atoms with van der Waals surface area (Å²) in [7, 11) is 0. The molecule has 0 spiro atoms. The molecule has 0 radical (unpaired) electrons. The SMILES string of the molecule is N#Cc1cccc(OCCCC[C@H](N)CS)c1. The van der Waals surface area contributed by atoms with Gasteiger partial charge in [-0.25, -0.2) is 0 Å². The first-order valence-electron chi connectivity index (χ1n) is 5.75. The van der Waals surface area contributed by atoms with Crippen molar-refractivity contribution < 1.29 is 4.74 Å². The fourth-order valence-corrected chi connectivity index (χ4v) is 1.63. The summed E-state index contributed by atoms with van der Waals surface area (Å²) in [6.07, 6.45) is 2.99. The van der Waals surface area contributed by atoms with E-state index in [0.29, 0.717) is 12.2 Å². The lowest BCUT2D eigenvalue weighted by Gasteiger charge is -2.08. The molecule has 0 unspecified atom stereocenters. The minimum absolute atomic E-state index is 0.181. The highest BCUT2D eigenvalue weighted by Crippen LogP contribution is 2.13. The van der Waals surface area contributed by atoms with Crippen molar-refractivity contribution in [2.45, 2.75) is 25.3 Å². The Labute approximate surface area is 108 Å². The number of benzene rings is 1. The molecule has 1 aromatic rings. The third-order valence-electron chi connectivity index (χ3n) is 2.44. The summed E-state index contributed by atoms with van der Waals surface area (Å²) in [5.41, 5.74) is 6.38. The Bertz CT molecular complexity index is 376. The molecule has 1 atom stereocenters. The molecule has 17 heavy (non-hydrogen) atoms. The average molecular weight is 250 g/mol. The van der Waals surface area contributed by atoms with Gasteiger partial charge in [-0.15, -0.1) is 0 Å². The third-order valence-corrected chi connectivity index (χ3v) is 2.90. The van der Waals surface area contributed by atoms with Crippen molar-refractivity contribution in [2.75, 3.05) is 12.4 Å². The van der Waals surface area contributed by atoms with Crippen LogP contribution >= 0.6 is 12.6 Å². The lowest BCUT2D eigenvalue weighted by Crippen LogP contribution is -2.21. The lowest BCUT2D eigenvalue weighted by atomic mass is 10.1. The van der Waals surface area contributed by atoms with Crippen LogP contribution in [0.15, 0.2) is 24.3 Å². The molecule has 3 nitrogen and oxygen atoms in total. The van der Waals surface area contributed by atoms with Crippen LogP contribution in [0.4, 0.5) is 0 Å². The number of nitrogens with zero attached hydrogens (tertiary/aromatic N) is 1. The van der Waals surface area contributed by atoms with Gasteiger partial charge >= 0.3 is 0 Å². The second kappa shape index (κ2) is 7.99. The lowest BCUT2D eigenvalue weighted by molar-refractivity contribution is 0.304.